The van der Waals surface area contributed by atoms with Gasteiger partial charge in [0.1, 0.15) is 11.5 Å². The van der Waals surface area contributed by atoms with Gasteiger partial charge in [0.2, 0.25) is 0 Å². The highest BCUT2D eigenvalue weighted by Crippen LogP contribution is 2.37. The van der Waals surface area contributed by atoms with Gasteiger partial charge < -0.3 is 24.4 Å². The summed E-state index contributed by atoms with van der Waals surface area (Å²) < 4.78 is 23.1. The lowest BCUT2D eigenvalue weighted by Gasteiger charge is -2.24. The van der Waals surface area contributed by atoms with Gasteiger partial charge in [0.05, 0.1) is 24.5 Å². The zero-order chi connectivity index (χ0) is 20.6. The van der Waals surface area contributed by atoms with Gasteiger partial charge in [-0.1, -0.05) is 30.3 Å². The molecule has 0 saturated heterocycles. The van der Waals surface area contributed by atoms with Crippen molar-refractivity contribution in [3.05, 3.63) is 60.2 Å². The lowest BCUT2D eigenvalue weighted by atomic mass is 10.1. The molecular formula is C21H29O6P. The Hall–Kier alpha value is -1.69. The maximum Gasteiger partial charge on any atom is 0.328 e. The van der Waals surface area contributed by atoms with Crippen LogP contribution < -0.4 is 4.74 Å². The van der Waals surface area contributed by atoms with Gasteiger partial charge in [-0.05, 0) is 62.9 Å². The van der Waals surface area contributed by atoms with E-state index < -0.39 is 19.8 Å². The molecule has 0 aliphatic rings. The molecule has 154 valence electrons. The maximum atomic E-state index is 11.5. The molecule has 2 rings (SSSR count). The van der Waals surface area contributed by atoms with Crippen LogP contribution >= 0.6 is 7.60 Å². The second kappa shape index (κ2) is 10.7. The minimum absolute atomic E-state index is 0.288. The summed E-state index contributed by atoms with van der Waals surface area (Å²) in [4.78, 5) is 18.7. The number of hydrogen-bond donors (Lipinski definition) is 3. The maximum absolute atomic E-state index is 11.5. The van der Waals surface area contributed by atoms with Gasteiger partial charge in [-0.3, -0.25) is 4.57 Å². The van der Waals surface area contributed by atoms with Crippen LogP contribution in [0.2, 0.25) is 0 Å². The van der Waals surface area contributed by atoms with E-state index in [4.69, 9.17) is 9.47 Å². The molecule has 0 heterocycles. The van der Waals surface area contributed by atoms with Crippen LogP contribution in [0, 0.1) is 0 Å². The molecule has 0 fully saturated rings. The predicted molar refractivity (Wildman–Crippen MR) is 109 cm³/mol. The van der Waals surface area contributed by atoms with Crippen LogP contribution in [0.3, 0.4) is 0 Å². The number of para-hydroxylation sites is 1. The molecule has 0 bridgehead atoms. The molecule has 0 spiro atoms. The van der Waals surface area contributed by atoms with E-state index in [1.807, 2.05) is 54.6 Å². The van der Waals surface area contributed by atoms with Gasteiger partial charge in [0.25, 0.3) is 0 Å². The van der Waals surface area contributed by atoms with Crippen molar-refractivity contribution in [3.8, 4) is 11.5 Å². The largest absolute Gasteiger partial charge is 0.457 e. The number of hydrogen-bond acceptors (Lipinski definition) is 4. The van der Waals surface area contributed by atoms with Crippen molar-refractivity contribution in [2.75, 3.05) is 6.16 Å². The van der Waals surface area contributed by atoms with Crippen molar-refractivity contribution in [2.24, 2.45) is 0 Å². The molecule has 7 heteroatoms. The van der Waals surface area contributed by atoms with Gasteiger partial charge in [-0.2, -0.15) is 0 Å². The average Bonchev–Trinajstić information content (AvgIpc) is 2.59. The van der Waals surface area contributed by atoms with Gasteiger partial charge in [0, 0.05) is 0 Å². The predicted octanol–water partition coefficient (Wildman–Crippen LogP) is 4.13. The van der Waals surface area contributed by atoms with Crippen LogP contribution in [0.4, 0.5) is 0 Å². The first-order valence-electron chi connectivity index (χ1n) is 9.41. The Balaban J connectivity index is 1.99. The number of aliphatic hydroxyl groups is 1. The third kappa shape index (κ3) is 9.00. The van der Waals surface area contributed by atoms with Crippen molar-refractivity contribution in [2.45, 2.75) is 51.4 Å². The van der Waals surface area contributed by atoms with Crippen LogP contribution in [0.5, 0.6) is 11.5 Å². The summed E-state index contributed by atoms with van der Waals surface area (Å²) in [7, 11) is -4.20. The Morgan fingerprint density at radius 2 is 1.68 bits per heavy atom. The normalized spacial score (nSPS) is 15.0. The SMILES string of the molecule is CC(O)CC(C)O[C@H](CCc1cccc(Oc2ccccc2)c1)CP(=O)(O)O. The second-order valence-electron chi connectivity index (χ2n) is 7.10. The van der Waals surface area contributed by atoms with E-state index in [2.05, 4.69) is 0 Å². The topological polar surface area (TPSA) is 96.2 Å². The fourth-order valence-electron chi connectivity index (χ4n) is 3.05. The number of rotatable bonds is 11. The molecule has 2 aromatic carbocycles. The molecule has 3 N–H and O–H groups in total. The Morgan fingerprint density at radius 1 is 1.00 bits per heavy atom. The third-order valence-electron chi connectivity index (χ3n) is 4.17. The highest BCUT2D eigenvalue weighted by Gasteiger charge is 2.24. The Bertz CT molecular complexity index is 759. The van der Waals surface area contributed by atoms with Gasteiger partial charge in [0.15, 0.2) is 0 Å². The van der Waals surface area contributed by atoms with Crippen molar-refractivity contribution < 1.29 is 28.9 Å². The molecular weight excluding hydrogens is 379 g/mol. The van der Waals surface area contributed by atoms with Crippen molar-refractivity contribution in [3.63, 3.8) is 0 Å². The summed E-state index contributed by atoms with van der Waals surface area (Å²) in [6, 6.07) is 17.1. The number of ether oxygens (including phenoxy) is 2. The molecule has 2 aromatic rings. The molecule has 0 amide bonds. The molecule has 3 atom stereocenters. The first-order valence-corrected chi connectivity index (χ1v) is 11.2. The van der Waals surface area contributed by atoms with E-state index in [9.17, 15) is 19.5 Å². The van der Waals surface area contributed by atoms with Crippen molar-refractivity contribution >= 4 is 7.60 Å². The molecule has 0 aromatic heterocycles. The van der Waals surface area contributed by atoms with Crippen LogP contribution in [-0.4, -0.2) is 39.4 Å². The molecule has 0 aliphatic heterocycles. The summed E-state index contributed by atoms with van der Waals surface area (Å²) in [5, 5.41) is 9.48. The minimum Gasteiger partial charge on any atom is -0.457 e. The van der Waals surface area contributed by atoms with Crippen LogP contribution in [0.15, 0.2) is 54.6 Å². The standard InChI is InChI=1S/C21H29O6P/c1-16(22)13-17(2)26-21(15-28(23,24)25)12-11-18-7-6-10-20(14-18)27-19-8-4-3-5-9-19/h3-10,14,16-17,21-22H,11-13,15H2,1-2H3,(H2,23,24,25)/t16?,17?,21-/m1/s1. The fourth-order valence-corrected chi connectivity index (χ4v) is 3.85. The molecule has 0 aliphatic carbocycles. The zero-order valence-electron chi connectivity index (χ0n) is 16.3. The third-order valence-corrected chi connectivity index (χ3v) is 5.05. The molecule has 2 unspecified atom stereocenters. The highest BCUT2D eigenvalue weighted by molar-refractivity contribution is 7.51. The van der Waals surface area contributed by atoms with E-state index in [-0.39, 0.29) is 12.3 Å². The first kappa shape index (κ1) is 22.6. The van der Waals surface area contributed by atoms with Crippen molar-refractivity contribution in [1.29, 1.82) is 0 Å². The fraction of sp³-hybridized carbons (Fsp3) is 0.429. The summed E-state index contributed by atoms with van der Waals surface area (Å²) in [6.45, 7) is 3.46. The highest BCUT2D eigenvalue weighted by atomic mass is 31.2. The molecule has 6 nitrogen and oxygen atoms in total. The minimum atomic E-state index is -4.20. The Kier molecular flexibility index (Phi) is 8.67. The second-order valence-corrected chi connectivity index (χ2v) is 8.80. The number of benzene rings is 2. The molecule has 0 saturated carbocycles. The van der Waals surface area contributed by atoms with E-state index in [0.717, 1.165) is 11.3 Å². The summed E-state index contributed by atoms with van der Waals surface area (Å²) >= 11 is 0. The molecule has 28 heavy (non-hydrogen) atoms. The molecule has 0 radical (unpaired) electrons. The van der Waals surface area contributed by atoms with Gasteiger partial charge >= 0.3 is 7.60 Å². The zero-order valence-corrected chi connectivity index (χ0v) is 17.2. The summed E-state index contributed by atoms with van der Waals surface area (Å²) in [5.74, 6) is 1.45. The van der Waals surface area contributed by atoms with Crippen LogP contribution in [0.25, 0.3) is 0 Å². The average molecular weight is 408 g/mol. The van der Waals surface area contributed by atoms with Crippen LogP contribution in [-0.2, 0) is 15.7 Å². The lowest BCUT2D eigenvalue weighted by Crippen LogP contribution is -2.26. The monoisotopic (exact) mass is 408 g/mol. The Labute approximate surface area is 166 Å². The van der Waals surface area contributed by atoms with E-state index >= 15 is 0 Å². The Morgan fingerprint density at radius 3 is 2.32 bits per heavy atom. The number of aliphatic hydroxyl groups excluding tert-OH is 1. The number of aryl methyl sites for hydroxylation is 1. The summed E-state index contributed by atoms with van der Waals surface area (Å²) in [5.41, 5.74) is 0.996. The van der Waals surface area contributed by atoms with E-state index in [0.29, 0.717) is 25.0 Å². The van der Waals surface area contributed by atoms with Gasteiger partial charge in [-0.15, -0.1) is 0 Å². The lowest BCUT2D eigenvalue weighted by molar-refractivity contribution is -0.0185. The summed E-state index contributed by atoms with van der Waals surface area (Å²) in [6.07, 6.45) is -0.271. The smallest absolute Gasteiger partial charge is 0.328 e. The van der Waals surface area contributed by atoms with Crippen LogP contribution in [0.1, 0.15) is 32.3 Å². The van der Waals surface area contributed by atoms with Crippen molar-refractivity contribution in [1.82, 2.24) is 0 Å². The first-order chi connectivity index (χ1) is 13.2. The van der Waals surface area contributed by atoms with E-state index in [1.165, 1.54) is 0 Å². The van der Waals surface area contributed by atoms with Gasteiger partial charge in [-0.25, -0.2) is 0 Å². The van der Waals surface area contributed by atoms with E-state index in [1.54, 1.807) is 13.8 Å². The quantitative estimate of drug-likeness (QED) is 0.484.